The van der Waals surface area contributed by atoms with Crippen molar-refractivity contribution in [1.82, 2.24) is 9.80 Å². The molecule has 0 aromatic carbocycles. The number of nitrogens with zero attached hydrogens (tertiary/aromatic N) is 2. The summed E-state index contributed by atoms with van der Waals surface area (Å²) in [4.78, 5) is 36.9. The van der Waals surface area contributed by atoms with Crippen molar-refractivity contribution in [2.75, 3.05) is 33.5 Å². The van der Waals surface area contributed by atoms with E-state index in [9.17, 15) is 14.4 Å². The third-order valence-corrected chi connectivity index (χ3v) is 3.03. The highest BCUT2D eigenvalue weighted by Crippen LogP contribution is 2.19. The summed E-state index contributed by atoms with van der Waals surface area (Å²) in [5.74, 6) is -1.48. The molecule has 1 fully saturated rings. The molecule has 1 amide bonds. The van der Waals surface area contributed by atoms with Crippen LogP contribution in [0.25, 0.3) is 0 Å². The number of carboxylic acid groups (broad SMARTS) is 1. The zero-order valence-electron chi connectivity index (χ0n) is 11.7. The van der Waals surface area contributed by atoms with E-state index in [0.717, 1.165) is 11.3 Å². The van der Waals surface area contributed by atoms with Gasteiger partial charge in [0.25, 0.3) is 0 Å². The molecule has 1 saturated heterocycles. The molecule has 1 atom stereocenters. The maximum Gasteiger partial charge on any atom is 0.411 e. The number of carboxylic acids is 1. The lowest BCUT2D eigenvalue weighted by Crippen LogP contribution is -2.48. The van der Waals surface area contributed by atoms with Crippen LogP contribution in [0.5, 0.6) is 0 Å². The van der Waals surface area contributed by atoms with Crippen molar-refractivity contribution in [2.24, 2.45) is 0 Å². The predicted molar refractivity (Wildman–Crippen MR) is 68.0 cm³/mol. The summed E-state index contributed by atoms with van der Waals surface area (Å²) >= 11 is 0. The van der Waals surface area contributed by atoms with Gasteiger partial charge in [-0.3, -0.25) is 19.4 Å². The number of likely N-dealkylation sites (tertiary alicyclic amines) is 1. The van der Waals surface area contributed by atoms with E-state index < -0.39 is 24.6 Å². The number of esters is 1. The van der Waals surface area contributed by atoms with E-state index in [0.29, 0.717) is 19.6 Å². The maximum absolute atomic E-state index is 11.8. The van der Waals surface area contributed by atoms with Gasteiger partial charge in [-0.05, 0) is 19.8 Å². The Kier molecular flexibility index (Phi) is 6.23. The molecule has 8 nitrogen and oxygen atoms in total. The van der Waals surface area contributed by atoms with E-state index in [1.165, 1.54) is 7.11 Å². The zero-order valence-corrected chi connectivity index (χ0v) is 11.7. The Hall–Kier alpha value is -1.83. The van der Waals surface area contributed by atoms with Crippen molar-refractivity contribution in [2.45, 2.75) is 25.8 Å². The standard InChI is InChI=1S/C12H20N2O6/c1-3-20-11(17)9-5-4-6-13(9)8-14(7-10(15)16)12(18)19-2/h9H,3-8H2,1-2H3,(H,15,16). The van der Waals surface area contributed by atoms with Crippen molar-refractivity contribution in [1.29, 1.82) is 0 Å². The number of rotatable bonds is 6. The molecule has 20 heavy (non-hydrogen) atoms. The van der Waals surface area contributed by atoms with Crippen LogP contribution in [0, 0.1) is 0 Å². The monoisotopic (exact) mass is 288 g/mol. The summed E-state index contributed by atoms with van der Waals surface area (Å²) in [6.07, 6.45) is 0.703. The van der Waals surface area contributed by atoms with Crippen LogP contribution in [0.15, 0.2) is 0 Å². The molecule has 0 aliphatic carbocycles. The minimum atomic E-state index is -1.14. The fourth-order valence-corrected chi connectivity index (χ4v) is 2.18. The first-order valence-electron chi connectivity index (χ1n) is 6.45. The van der Waals surface area contributed by atoms with Gasteiger partial charge in [-0.1, -0.05) is 0 Å². The van der Waals surface area contributed by atoms with Crippen molar-refractivity contribution in [3.8, 4) is 0 Å². The predicted octanol–water partition coefficient (Wildman–Crippen LogP) is 0.124. The molecule has 0 radical (unpaired) electrons. The second kappa shape index (κ2) is 7.68. The third-order valence-electron chi connectivity index (χ3n) is 3.03. The number of ether oxygens (including phenoxy) is 2. The highest BCUT2D eigenvalue weighted by atomic mass is 16.5. The number of hydrogen-bond donors (Lipinski definition) is 1. The Balaban J connectivity index is 2.68. The van der Waals surface area contributed by atoms with Crippen molar-refractivity contribution in [3.05, 3.63) is 0 Å². The van der Waals surface area contributed by atoms with Crippen LogP contribution in [0.1, 0.15) is 19.8 Å². The Labute approximate surface area is 117 Å². The highest BCUT2D eigenvalue weighted by molar-refractivity contribution is 5.77. The highest BCUT2D eigenvalue weighted by Gasteiger charge is 2.34. The smallest absolute Gasteiger partial charge is 0.411 e. The Morgan fingerprint density at radius 1 is 1.40 bits per heavy atom. The van der Waals surface area contributed by atoms with Gasteiger partial charge in [0.15, 0.2) is 0 Å². The normalized spacial score (nSPS) is 18.6. The third kappa shape index (κ3) is 4.37. The number of methoxy groups -OCH3 is 1. The lowest BCUT2D eigenvalue weighted by atomic mass is 10.2. The van der Waals surface area contributed by atoms with E-state index in [2.05, 4.69) is 4.74 Å². The van der Waals surface area contributed by atoms with E-state index >= 15 is 0 Å². The van der Waals surface area contributed by atoms with E-state index in [1.54, 1.807) is 11.8 Å². The summed E-state index contributed by atoms with van der Waals surface area (Å²) < 4.78 is 9.52. The van der Waals surface area contributed by atoms with Gasteiger partial charge in [-0.25, -0.2) is 4.79 Å². The maximum atomic E-state index is 11.8. The van der Waals surface area contributed by atoms with Gasteiger partial charge < -0.3 is 14.6 Å². The molecular formula is C12H20N2O6. The molecule has 114 valence electrons. The molecule has 1 aliphatic rings. The molecule has 8 heteroatoms. The number of hydrogen-bond acceptors (Lipinski definition) is 6. The molecular weight excluding hydrogens is 268 g/mol. The van der Waals surface area contributed by atoms with Crippen LogP contribution in [0.2, 0.25) is 0 Å². The SMILES string of the molecule is CCOC(=O)C1CCCN1CN(CC(=O)O)C(=O)OC. The van der Waals surface area contributed by atoms with Crippen molar-refractivity contribution < 1.29 is 29.0 Å². The van der Waals surface area contributed by atoms with Gasteiger partial charge in [0, 0.05) is 6.54 Å². The van der Waals surface area contributed by atoms with Gasteiger partial charge in [0.05, 0.1) is 20.4 Å². The molecule has 1 rings (SSSR count). The second-order valence-electron chi connectivity index (χ2n) is 4.43. The minimum Gasteiger partial charge on any atom is -0.480 e. The zero-order chi connectivity index (χ0) is 15.1. The quantitative estimate of drug-likeness (QED) is 0.693. The van der Waals surface area contributed by atoms with Gasteiger partial charge in [0.1, 0.15) is 12.6 Å². The average Bonchev–Trinajstić information content (AvgIpc) is 2.85. The van der Waals surface area contributed by atoms with Gasteiger partial charge in [-0.2, -0.15) is 0 Å². The van der Waals surface area contributed by atoms with Gasteiger partial charge in [0.2, 0.25) is 0 Å². The lowest BCUT2D eigenvalue weighted by molar-refractivity contribution is -0.149. The first-order valence-corrected chi connectivity index (χ1v) is 6.45. The topological polar surface area (TPSA) is 96.4 Å². The molecule has 0 bridgehead atoms. The fourth-order valence-electron chi connectivity index (χ4n) is 2.18. The molecule has 0 aromatic heterocycles. The molecule has 1 heterocycles. The van der Waals surface area contributed by atoms with Crippen LogP contribution >= 0.6 is 0 Å². The Morgan fingerprint density at radius 2 is 2.10 bits per heavy atom. The summed E-state index contributed by atoms with van der Waals surface area (Å²) in [6.45, 7) is 2.18. The number of aliphatic carboxylic acids is 1. The lowest BCUT2D eigenvalue weighted by Gasteiger charge is -2.28. The molecule has 1 aliphatic heterocycles. The fraction of sp³-hybridized carbons (Fsp3) is 0.750. The summed E-state index contributed by atoms with van der Waals surface area (Å²) in [5, 5.41) is 8.80. The molecule has 1 N–H and O–H groups in total. The molecule has 1 unspecified atom stereocenters. The van der Waals surface area contributed by atoms with E-state index in [1.807, 2.05) is 0 Å². The molecule has 0 aromatic rings. The molecule has 0 saturated carbocycles. The summed E-state index contributed by atoms with van der Waals surface area (Å²) in [6, 6.07) is -0.434. The average molecular weight is 288 g/mol. The summed E-state index contributed by atoms with van der Waals surface area (Å²) in [5.41, 5.74) is 0. The van der Waals surface area contributed by atoms with Crippen LogP contribution in [0.3, 0.4) is 0 Å². The van der Waals surface area contributed by atoms with Crippen LogP contribution in [-0.4, -0.2) is 72.5 Å². The van der Waals surface area contributed by atoms with Crippen molar-refractivity contribution >= 4 is 18.0 Å². The van der Waals surface area contributed by atoms with E-state index in [-0.39, 0.29) is 12.6 Å². The first kappa shape index (κ1) is 16.2. The Morgan fingerprint density at radius 3 is 2.65 bits per heavy atom. The number of carbonyl (C=O) groups excluding carboxylic acids is 2. The van der Waals surface area contributed by atoms with Crippen LogP contribution < -0.4 is 0 Å². The minimum absolute atomic E-state index is 0.0302. The largest absolute Gasteiger partial charge is 0.480 e. The van der Waals surface area contributed by atoms with E-state index in [4.69, 9.17) is 9.84 Å². The van der Waals surface area contributed by atoms with Gasteiger partial charge in [-0.15, -0.1) is 0 Å². The van der Waals surface area contributed by atoms with Gasteiger partial charge >= 0.3 is 18.0 Å². The summed E-state index contributed by atoms with van der Waals surface area (Å²) in [7, 11) is 1.18. The number of carbonyl (C=O) groups is 3. The Bertz CT molecular complexity index is 373. The molecule has 0 spiro atoms. The van der Waals surface area contributed by atoms with Crippen LogP contribution in [-0.2, 0) is 19.1 Å². The second-order valence-corrected chi connectivity index (χ2v) is 4.43. The van der Waals surface area contributed by atoms with Crippen molar-refractivity contribution in [3.63, 3.8) is 0 Å². The first-order chi connectivity index (χ1) is 9.49. The number of amides is 1. The van der Waals surface area contributed by atoms with Crippen LogP contribution in [0.4, 0.5) is 4.79 Å².